The van der Waals surface area contributed by atoms with E-state index in [0.29, 0.717) is 17.1 Å². The number of carbonyl (C=O) groups excluding carboxylic acids is 1. The molecule has 130 valence electrons. The van der Waals surface area contributed by atoms with E-state index < -0.39 is 10.8 Å². The lowest BCUT2D eigenvalue weighted by Crippen LogP contribution is -2.17. The summed E-state index contributed by atoms with van der Waals surface area (Å²) in [6.45, 7) is 0. The van der Waals surface area contributed by atoms with Gasteiger partial charge >= 0.3 is 0 Å². The number of hydrogen-bond donors (Lipinski definition) is 2. The van der Waals surface area contributed by atoms with Gasteiger partial charge in [-0.1, -0.05) is 18.2 Å². The predicted octanol–water partition coefficient (Wildman–Crippen LogP) is 3.32. The van der Waals surface area contributed by atoms with E-state index in [2.05, 4.69) is 10.5 Å². The Kier molecular flexibility index (Phi) is 4.75. The molecule has 0 fully saturated rings. The SMILES string of the molecule is O=C(N/N=C\c1ccc(-c2ccccc2[N+](=O)[O-])o1)c1cccc(O)c1. The molecular formula is C18H13N3O5. The predicted molar refractivity (Wildman–Crippen MR) is 94.0 cm³/mol. The summed E-state index contributed by atoms with van der Waals surface area (Å²) in [6, 6.07) is 15.2. The van der Waals surface area contributed by atoms with E-state index in [1.165, 1.54) is 30.5 Å². The first-order chi connectivity index (χ1) is 12.5. The van der Waals surface area contributed by atoms with E-state index in [4.69, 9.17) is 4.42 Å². The summed E-state index contributed by atoms with van der Waals surface area (Å²) in [5.41, 5.74) is 2.84. The zero-order chi connectivity index (χ0) is 18.5. The van der Waals surface area contributed by atoms with Gasteiger partial charge in [0.2, 0.25) is 0 Å². The number of nitro groups is 1. The minimum Gasteiger partial charge on any atom is -0.508 e. The van der Waals surface area contributed by atoms with Crippen molar-refractivity contribution >= 4 is 17.8 Å². The summed E-state index contributed by atoms with van der Waals surface area (Å²) in [5.74, 6) is 0.108. The zero-order valence-corrected chi connectivity index (χ0v) is 13.3. The van der Waals surface area contributed by atoms with E-state index in [0.717, 1.165) is 0 Å². The number of nitrogens with zero attached hydrogens (tertiary/aromatic N) is 2. The maximum atomic E-state index is 11.9. The van der Waals surface area contributed by atoms with Crippen molar-refractivity contribution in [3.8, 4) is 17.1 Å². The summed E-state index contributed by atoms with van der Waals surface area (Å²) >= 11 is 0. The van der Waals surface area contributed by atoms with Gasteiger partial charge in [0, 0.05) is 11.6 Å². The van der Waals surface area contributed by atoms with Crippen molar-refractivity contribution in [1.29, 1.82) is 0 Å². The van der Waals surface area contributed by atoms with Crippen molar-refractivity contribution in [3.05, 3.63) is 82.1 Å². The maximum Gasteiger partial charge on any atom is 0.280 e. The molecule has 0 unspecified atom stereocenters. The summed E-state index contributed by atoms with van der Waals surface area (Å²) in [7, 11) is 0. The fourth-order valence-electron chi connectivity index (χ4n) is 2.27. The molecule has 2 N–H and O–H groups in total. The highest BCUT2D eigenvalue weighted by atomic mass is 16.6. The van der Waals surface area contributed by atoms with Crippen molar-refractivity contribution in [1.82, 2.24) is 5.43 Å². The second-order valence-corrected chi connectivity index (χ2v) is 5.23. The minimum absolute atomic E-state index is 0.0261. The number of hydrogen-bond acceptors (Lipinski definition) is 6. The number of amides is 1. The molecule has 0 radical (unpaired) electrons. The lowest BCUT2D eigenvalue weighted by molar-refractivity contribution is -0.384. The van der Waals surface area contributed by atoms with Crippen LogP contribution in [-0.4, -0.2) is 22.2 Å². The van der Waals surface area contributed by atoms with E-state index >= 15 is 0 Å². The number of carbonyl (C=O) groups is 1. The number of hydrazone groups is 1. The Labute approximate surface area is 147 Å². The van der Waals surface area contributed by atoms with E-state index in [-0.39, 0.29) is 17.0 Å². The quantitative estimate of drug-likeness (QED) is 0.415. The van der Waals surface area contributed by atoms with E-state index in [1.54, 1.807) is 36.4 Å². The molecule has 3 rings (SSSR count). The molecule has 2 aromatic carbocycles. The van der Waals surface area contributed by atoms with Crippen LogP contribution in [0.2, 0.25) is 0 Å². The van der Waals surface area contributed by atoms with Gasteiger partial charge in [0.1, 0.15) is 17.3 Å². The second-order valence-electron chi connectivity index (χ2n) is 5.23. The zero-order valence-electron chi connectivity index (χ0n) is 13.3. The van der Waals surface area contributed by atoms with Gasteiger partial charge in [-0.3, -0.25) is 14.9 Å². The molecule has 8 nitrogen and oxygen atoms in total. The third-order valence-electron chi connectivity index (χ3n) is 3.46. The number of para-hydroxylation sites is 1. The van der Waals surface area contributed by atoms with Crippen LogP contribution in [0.1, 0.15) is 16.1 Å². The Morgan fingerprint density at radius 2 is 1.96 bits per heavy atom. The molecule has 0 bridgehead atoms. The van der Waals surface area contributed by atoms with Gasteiger partial charge < -0.3 is 9.52 Å². The van der Waals surface area contributed by atoms with Crippen molar-refractivity contribution in [3.63, 3.8) is 0 Å². The maximum absolute atomic E-state index is 11.9. The molecule has 3 aromatic rings. The summed E-state index contributed by atoms with van der Waals surface area (Å²) in [6.07, 6.45) is 1.28. The third-order valence-corrected chi connectivity index (χ3v) is 3.46. The van der Waals surface area contributed by atoms with Crippen LogP contribution < -0.4 is 5.43 Å². The highest BCUT2D eigenvalue weighted by Gasteiger charge is 2.16. The molecule has 1 amide bonds. The largest absolute Gasteiger partial charge is 0.508 e. The standard InChI is InChI=1S/C18H13N3O5/c22-13-5-3-4-12(10-13)18(23)20-19-11-14-8-9-17(26-14)15-6-1-2-7-16(15)21(24)25/h1-11,22H,(H,20,23)/b19-11-. The number of rotatable bonds is 5. The van der Waals surface area contributed by atoms with Crippen LogP contribution in [-0.2, 0) is 0 Å². The monoisotopic (exact) mass is 351 g/mol. The van der Waals surface area contributed by atoms with Gasteiger partial charge in [-0.15, -0.1) is 0 Å². The fraction of sp³-hybridized carbons (Fsp3) is 0. The number of nitrogens with one attached hydrogen (secondary N) is 1. The van der Waals surface area contributed by atoms with Crippen molar-refractivity contribution < 1.29 is 19.2 Å². The number of benzene rings is 2. The summed E-state index contributed by atoms with van der Waals surface area (Å²) < 4.78 is 5.52. The highest BCUT2D eigenvalue weighted by Crippen LogP contribution is 2.30. The van der Waals surface area contributed by atoms with Crippen LogP contribution in [0.4, 0.5) is 5.69 Å². The number of aromatic hydroxyl groups is 1. The van der Waals surface area contributed by atoms with Gasteiger partial charge in [-0.05, 0) is 36.4 Å². The first-order valence-corrected chi connectivity index (χ1v) is 7.50. The van der Waals surface area contributed by atoms with Gasteiger partial charge in [-0.2, -0.15) is 5.10 Å². The smallest absolute Gasteiger partial charge is 0.280 e. The topological polar surface area (TPSA) is 118 Å². The van der Waals surface area contributed by atoms with Crippen LogP contribution in [0, 0.1) is 10.1 Å². The molecule has 0 aliphatic carbocycles. The minimum atomic E-state index is -0.498. The Bertz CT molecular complexity index is 994. The molecule has 0 saturated carbocycles. The van der Waals surface area contributed by atoms with Crippen LogP contribution in [0.25, 0.3) is 11.3 Å². The number of phenols is 1. The molecule has 0 aliphatic rings. The molecule has 1 heterocycles. The van der Waals surface area contributed by atoms with Crippen molar-refractivity contribution in [2.75, 3.05) is 0 Å². The molecule has 1 aromatic heterocycles. The average Bonchev–Trinajstić information content (AvgIpc) is 3.10. The summed E-state index contributed by atoms with van der Waals surface area (Å²) in [4.78, 5) is 22.5. The Balaban J connectivity index is 1.72. The lowest BCUT2D eigenvalue weighted by atomic mass is 10.1. The molecule has 26 heavy (non-hydrogen) atoms. The van der Waals surface area contributed by atoms with Gasteiger partial charge in [0.25, 0.3) is 11.6 Å². The van der Waals surface area contributed by atoms with Crippen LogP contribution in [0.3, 0.4) is 0 Å². The number of nitro benzene ring substituents is 1. The normalized spacial score (nSPS) is 10.8. The summed E-state index contributed by atoms with van der Waals surface area (Å²) in [5, 5.41) is 24.2. The van der Waals surface area contributed by atoms with Crippen LogP contribution in [0.5, 0.6) is 5.75 Å². The van der Waals surface area contributed by atoms with Crippen molar-refractivity contribution in [2.24, 2.45) is 5.10 Å². The van der Waals surface area contributed by atoms with E-state index in [9.17, 15) is 20.0 Å². The third kappa shape index (κ3) is 3.75. The van der Waals surface area contributed by atoms with Gasteiger partial charge in [-0.25, -0.2) is 5.43 Å². The first-order valence-electron chi connectivity index (χ1n) is 7.50. The molecule has 0 saturated heterocycles. The Morgan fingerprint density at radius 1 is 1.15 bits per heavy atom. The Hall–Kier alpha value is -3.94. The lowest BCUT2D eigenvalue weighted by Gasteiger charge is -2.00. The second kappa shape index (κ2) is 7.31. The Morgan fingerprint density at radius 3 is 2.73 bits per heavy atom. The van der Waals surface area contributed by atoms with Crippen LogP contribution in [0.15, 0.2) is 70.2 Å². The van der Waals surface area contributed by atoms with Crippen LogP contribution >= 0.6 is 0 Å². The van der Waals surface area contributed by atoms with E-state index in [1.807, 2.05) is 0 Å². The first kappa shape index (κ1) is 16.9. The molecular weight excluding hydrogens is 338 g/mol. The number of phenolic OH excluding ortho intramolecular Hbond substituents is 1. The number of furan rings is 1. The van der Waals surface area contributed by atoms with Gasteiger partial charge in [0.05, 0.1) is 16.7 Å². The molecule has 0 aliphatic heterocycles. The average molecular weight is 351 g/mol. The fourth-order valence-corrected chi connectivity index (χ4v) is 2.27. The highest BCUT2D eigenvalue weighted by molar-refractivity contribution is 5.95. The van der Waals surface area contributed by atoms with Gasteiger partial charge in [0.15, 0.2) is 0 Å². The molecule has 8 heteroatoms. The van der Waals surface area contributed by atoms with Crippen molar-refractivity contribution in [2.45, 2.75) is 0 Å². The molecule has 0 atom stereocenters. The molecule has 0 spiro atoms.